The zero-order chi connectivity index (χ0) is 44.6. The van der Waals surface area contributed by atoms with Gasteiger partial charge in [-0.25, -0.2) is 0 Å². The zero-order valence-corrected chi connectivity index (χ0v) is 38.6. The zero-order valence-electron chi connectivity index (χ0n) is 38.6. The molecule has 3 aliphatic heterocycles. The summed E-state index contributed by atoms with van der Waals surface area (Å²) in [5.74, 6) is 1.70. The van der Waals surface area contributed by atoms with E-state index >= 15 is 0 Å². The first-order valence-corrected chi connectivity index (χ1v) is 22.9. The Bertz CT molecular complexity index is 2470. The second-order valence-electron chi connectivity index (χ2n) is 17.8. The number of unbranched alkanes of at least 4 members (excludes halogenated alkanes) is 6. The fourth-order valence-electron chi connectivity index (χ4n) is 9.08. The van der Waals surface area contributed by atoms with Gasteiger partial charge in [-0.15, -0.1) is 10.2 Å². The van der Waals surface area contributed by atoms with Crippen LogP contribution >= 0.6 is 0 Å². The van der Waals surface area contributed by atoms with Crippen LogP contribution in [0.3, 0.4) is 0 Å². The first kappa shape index (κ1) is 44.8. The summed E-state index contributed by atoms with van der Waals surface area (Å²) in [6.07, 6.45) is 14.2. The van der Waals surface area contributed by atoms with Gasteiger partial charge in [0.05, 0.1) is 23.7 Å². The maximum Gasteiger partial charge on any atom is 0.162 e. The van der Waals surface area contributed by atoms with Crippen LogP contribution in [0.25, 0.3) is 11.4 Å². The van der Waals surface area contributed by atoms with Crippen LogP contribution in [0.4, 0.5) is 11.4 Å². The predicted octanol–water partition coefficient (Wildman–Crippen LogP) is 12.5. The van der Waals surface area contributed by atoms with Crippen molar-refractivity contribution in [3.63, 3.8) is 0 Å². The molecule has 3 aromatic carbocycles. The molecule has 1 aromatic heterocycles. The quantitative estimate of drug-likeness (QED) is 0.0971. The average molecular weight is 842 g/mol. The third-order valence-electron chi connectivity index (χ3n) is 12.8. The molecule has 0 bridgehead atoms. The molecule has 2 unspecified atom stereocenters. The van der Waals surface area contributed by atoms with Crippen LogP contribution in [0, 0.1) is 6.92 Å². The molecule has 63 heavy (non-hydrogen) atoms. The fourth-order valence-corrected chi connectivity index (χ4v) is 9.08. The number of anilines is 2. The number of hydrogen-bond donors (Lipinski definition) is 2. The van der Waals surface area contributed by atoms with Crippen LogP contribution in [-0.4, -0.2) is 51.3 Å². The monoisotopic (exact) mass is 842 g/mol. The summed E-state index contributed by atoms with van der Waals surface area (Å²) in [7, 11) is 2.19. The number of allylic oxidation sites excluding steroid dienone is 5. The Morgan fingerprint density at radius 3 is 2.37 bits per heavy atom. The molecule has 7 rings (SSSR count). The number of benzene rings is 3. The fraction of sp³-hybridized carbons (Fsp3) is 0.370. The number of rotatable bonds is 18. The van der Waals surface area contributed by atoms with E-state index in [1.54, 1.807) is 0 Å². The van der Waals surface area contributed by atoms with E-state index in [1.807, 2.05) is 18.1 Å². The SMILES string of the molecule is C=C1CCC(N2N=Cc3cc(N(C)CCCCCCCCCc4cccc(NC(=C)CC5N=C(c6ccccc6)C(C(C)=C(C)C)=C(C)n6c(C)nnc65)c4)ccc3C2=C)C(=C)N1. The summed E-state index contributed by atoms with van der Waals surface area (Å²) in [4.78, 5) is 7.82. The summed E-state index contributed by atoms with van der Waals surface area (Å²) in [5, 5.41) is 22.9. The Balaban J connectivity index is 0.846. The second-order valence-corrected chi connectivity index (χ2v) is 17.8. The van der Waals surface area contributed by atoms with E-state index in [4.69, 9.17) is 10.1 Å². The molecule has 1 fully saturated rings. The van der Waals surface area contributed by atoms with Crippen LogP contribution in [-0.2, 0) is 6.42 Å². The van der Waals surface area contributed by atoms with Crippen LogP contribution in [0.5, 0.6) is 0 Å². The molecule has 0 spiro atoms. The largest absolute Gasteiger partial charge is 0.375 e. The van der Waals surface area contributed by atoms with Crippen molar-refractivity contribution < 1.29 is 0 Å². The van der Waals surface area contributed by atoms with Crippen molar-refractivity contribution in [3.8, 4) is 0 Å². The number of aryl methyl sites for hydroxylation is 2. The molecular formula is C54H67N9. The van der Waals surface area contributed by atoms with Crippen LogP contribution in [0.15, 0.2) is 143 Å². The van der Waals surface area contributed by atoms with E-state index in [9.17, 15) is 0 Å². The summed E-state index contributed by atoms with van der Waals surface area (Å²) in [6, 6.07) is 25.7. The molecule has 0 saturated carbocycles. The smallest absolute Gasteiger partial charge is 0.162 e. The highest BCUT2D eigenvalue weighted by Gasteiger charge is 2.31. The van der Waals surface area contributed by atoms with Gasteiger partial charge in [-0.1, -0.05) is 113 Å². The van der Waals surface area contributed by atoms with E-state index in [0.29, 0.717) is 6.42 Å². The molecule has 328 valence electrons. The first-order chi connectivity index (χ1) is 30.4. The molecule has 9 nitrogen and oxygen atoms in total. The van der Waals surface area contributed by atoms with Gasteiger partial charge in [-0.3, -0.25) is 14.6 Å². The lowest BCUT2D eigenvalue weighted by atomic mass is 9.92. The Labute approximate surface area is 376 Å². The highest BCUT2D eigenvalue weighted by Crippen LogP contribution is 2.37. The average Bonchev–Trinajstić information content (AvgIpc) is 3.61. The lowest BCUT2D eigenvalue weighted by Crippen LogP contribution is -2.40. The van der Waals surface area contributed by atoms with Gasteiger partial charge in [0.1, 0.15) is 11.9 Å². The highest BCUT2D eigenvalue weighted by atomic mass is 15.5. The van der Waals surface area contributed by atoms with E-state index in [0.717, 1.165) is 99.6 Å². The molecule has 4 heterocycles. The van der Waals surface area contributed by atoms with Crippen molar-refractivity contribution in [2.45, 2.75) is 117 Å². The molecule has 1 saturated heterocycles. The molecular weight excluding hydrogens is 775 g/mol. The van der Waals surface area contributed by atoms with Gasteiger partial charge < -0.3 is 15.5 Å². The first-order valence-electron chi connectivity index (χ1n) is 22.9. The molecule has 0 amide bonds. The Kier molecular flexibility index (Phi) is 14.5. The van der Waals surface area contributed by atoms with Crippen LogP contribution < -0.4 is 15.5 Å². The number of nitrogens with one attached hydrogen (secondary N) is 2. The minimum Gasteiger partial charge on any atom is -0.375 e. The minimum atomic E-state index is -0.255. The van der Waals surface area contributed by atoms with Crippen molar-refractivity contribution in [1.82, 2.24) is 25.1 Å². The number of hydrazone groups is 1. The minimum absolute atomic E-state index is 0.0838. The lowest BCUT2D eigenvalue weighted by Gasteiger charge is -2.38. The van der Waals surface area contributed by atoms with Crippen LogP contribution in [0.1, 0.15) is 132 Å². The van der Waals surface area contributed by atoms with Crippen LogP contribution in [0.2, 0.25) is 0 Å². The van der Waals surface area contributed by atoms with Gasteiger partial charge in [-0.2, -0.15) is 5.10 Å². The van der Waals surface area contributed by atoms with Crippen molar-refractivity contribution >= 4 is 34.7 Å². The summed E-state index contributed by atoms with van der Waals surface area (Å²) >= 11 is 0. The van der Waals surface area contributed by atoms with Gasteiger partial charge in [0.15, 0.2) is 5.82 Å². The molecule has 0 radical (unpaired) electrons. The molecule has 9 heteroatoms. The third-order valence-corrected chi connectivity index (χ3v) is 12.8. The number of hydrogen-bond acceptors (Lipinski definition) is 8. The summed E-state index contributed by atoms with van der Waals surface area (Å²) in [5.41, 5.74) is 16.4. The second kappa shape index (κ2) is 20.3. The maximum absolute atomic E-state index is 5.45. The molecule has 0 aliphatic carbocycles. The van der Waals surface area contributed by atoms with Crippen molar-refractivity contribution in [2.75, 3.05) is 23.8 Å². The lowest BCUT2D eigenvalue weighted by molar-refractivity contribution is 0.303. The molecule has 2 atom stereocenters. The van der Waals surface area contributed by atoms with Gasteiger partial charge in [0.2, 0.25) is 0 Å². The third kappa shape index (κ3) is 10.5. The topological polar surface area (TPSA) is 86.0 Å². The van der Waals surface area contributed by atoms with E-state index in [2.05, 4.69) is 164 Å². The number of aromatic nitrogens is 3. The van der Waals surface area contributed by atoms with Gasteiger partial charge in [-0.05, 0) is 102 Å². The van der Waals surface area contributed by atoms with Crippen molar-refractivity contribution in [3.05, 3.63) is 167 Å². The number of nitrogens with zero attached hydrogens (tertiary/aromatic N) is 7. The van der Waals surface area contributed by atoms with Gasteiger partial charge in [0.25, 0.3) is 0 Å². The molecule has 3 aliphatic rings. The number of aliphatic imine (C=N–C) groups is 1. The van der Waals surface area contributed by atoms with Crippen molar-refractivity contribution in [2.24, 2.45) is 10.1 Å². The Morgan fingerprint density at radius 2 is 1.62 bits per heavy atom. The van der Waals surface area contributed by atoms with E-state index in [1.165, 1.54) is 67.3 Å². The molecule has 2 N–H and O–H groups in total. The predicted molar refractivity (Wildman–Crippen MR) is 266 cm³/mol. The standard InChI is InChI=1S/C54H67N9/c1-36(2)39(5)52-42(8)62-43(9)59-60-54(62)50(58-53(52)45-24-18-16-19-25-45)32-38(4)57-47-26-21-23-44(33-47)22-17-14-12-11-13-15-20-31-61(10)48-28-29-49-41(7)63(55-35-46(49)34-48)51-30-27-37(3)56-40(51)6/h16,18-19,21,23-26,28-29,33-35,50-51,56-57H,3-4,6-7,11-15,17,20,22,27,30-32H2,1-2,5,8-10H3. The van der Waals surface area contributed by atoms with E-state index in [-0.39, 0.29) is 12.1 Å². The van der Waals surface area contributed by atoms with Gasteiger partial charge >= 0.3 is 0 Å². The normalized spacial score (nSPS) is 17.1. The Morgan fingerprint density at radius 1 is 0.873 bits per heavy atom. The molecule has 4 aromatic rings. The number of fused-ring (bicyclic) bond motifs is 2. The maximum atomic E-state index is 5.45. The number of piperidine rings is 1. The van der Waals surface area contributed by atoms with E-state index < -0.39 is 0 Å². The van der Waals surface area contributed by atoms with Crippen molar-refractivity contribution in [1.29, 1.82) is 0 Å². The van der Waals surface area contributed by atoms with Gasteiger partial charge in [0, 0.05) is 76.4 Å². The summed E-state index contributed by atoms with van der Waals surface area (Å²) < 4.78 is 2.18. The highest BCUT2D eigenvalue weighted by molar-refractivity contribution is 6.18. The Hall–Kier alpha value is -6.22. The summed E-state index contributed by atoms with van der Waals surface area (Å²) in [6.45, 7) is 28.9.